The number of amides is 1. The Bertz CT molecular complexity index is 891. The van der Waals surface area contributed by atoms with Crippen LogP contribution in [0.15, 0.2) is 49.2 Å². The van der Waals surface area contributed by atoms with Gasteiger partial charge in [-0.1, -0.05) is 29.3 Å². The number of nitrogens with one attached hydrogen (secondary N) is 1. The highest BCUT2D eigenvalue weighted by Gasteiger charge is 2.51. The molecule has 0 radical (unpaired) electrons. The fraction of sp³-hybridized carbons (Fsp3) is 0.263. The third kappa shape index (κ3) is 2.91. The number of benzene rings is 1. The highest BCUT2D eigenvalue weighted by atomic mass is 16.2. The van der Waals surface area contributed by atoms with Crippen molar-refractivity contribution in [2.75, 3.05) is 5.32 Å². The van der Waals surface area contributed by atoms with E-state index in [0.29, 0.717) is 11.5 Å². The molecule has 1 saturated carbocycles. The zero-order chi connectivity index (χ0) is 17.4. The molecule has 2 aromatic heterocycles. The lowest BCUT2D eigenvalue weighted by atomic mass is 9.92. The van der Waals surface area contributed by atoms with Crippen LogP contribution < -0.4 is 5.32 Å². The molecule has 0 saturated heterocycles. The number of aryl methyl sites for hydroxylation is 2. The Morgan fingerprint density at radius 1 is 1.16 bits per heavy atom. The lowest BCUT2D eigenvalue weighted by Crippen LogP contribution is -2.28. The van der Waals surface area contributed by atoms with E-state index >= 15 is 0 Å². The first-order chi connectivity index (χ1) is 12.1. The van der Waals surface area contributed by atoms with Crippen molar-refractivity contribution in [3.63, 3.8) is 0 Å². The number of carbonyl (C=O) groups excluding carboxylic acids is 1. The van der Waals surface area contributed by atoms with E-state index in [1.165, 1.54) is 17.5 Å². The van der Waals surface area contributed by atoms with Gasteiger partial charge < -0.3 is 5.32 Å². The second-order valence-electron chi connectivity index (χ2n) is 6.66. The van der Waals surface area contributed by atoms with Crippen molar-refractivity contribution in [3.05, 3.63) is 65.9 Å². The van der Waals surface area contributed by atoms with Crippen LogP contribution >= 0.6 is 0 Å². The van der Waals surface area contributed by atoms with E-state index in [-0.39, 0.29) is 5.91 Å². The van der Waals surface area contributed by atoms with E-state index < -0.39 is 5.41 Å². The first-order valence-electron chi connectivity index (χ1n) is 8.28. The summed E-state index contributed by atoms with van der Waals surface area (Å²) in [5, 5.41) is 7.05. The minimum atomic E-state index is -0.401. The average molecular weight is 333 g/mol. The van der Waals surface area contributed by atoms with Gasteiger partial charge >= 0.3 is 0 Å². The van der Waals surface area contributed by atoms with Gasteiger partial charge in [-0.25, -0.2) is 14.6 Å². The molecule has 0 spiro atoms. The lowest BCUT2D eigenvalue weighted by Gasteiger charge is -2.17. The van der Waals surface area contributed by atoms with Crippen molar-refractivity contribution in [2.45, 2.75) is 32.1 Å². The predicted molar refractivity (Wildman–Crippen MR) is 94.6 cm³/mol. The second-order valence-corrected chi connectivity index (χ2v) is 6.66. The molecular formula is C19H19N5O. The van der Waals surface area contributed by atoms with Crippen LogP contribution in [0.5, 0.6) is 0 Å². The first kappa shape index (κ1) is 15.5. The Morgan fingerprint density at radius 3 is 2.48 bits per heavy atom. The summed E-state index contributed by atoms with van der Waals surface area (Å²) in [4.78, 5) is 21.1. The number of pyridine rings is 1. The number of anilines is 1. The van der Waals surface area contributed by atoms with Crippen molar-refractivity contribution in [1.82, 2.24) is 19.7 Å². The highest BCUT2D eigenvalue weighted by Crippen LogP contribution is 2.49. The van der Waals surface area contributed by atoms with Gasteiger partial charge in [0.1, 0.15) is 12.7 Å². The highest BCUT2D eigenvalue weighted by molar-refractivity contribution is 6.01. The molecule has 25 heavy (non-hydrogen) atoms. The van der Waals surface area contributed by atoms with Crippen LogP contribution in [0.1, 0.15) is 29.5 Å². The SMILES string of the molecule is Cc1cc(C)cc(C2(C(=O)Nc3ccc(-n4cncn4)nc3)CC2)c1. The van der Waals surface area contributed by atoms with E-state index in [1.54, 1.807) is 23.3 Å². The molecule has 1 aliphatic carbocycles. The molecule has 0 atom stereocenters. The third-order valence-corrected chi connectivity index (χ3v) is 4.62. The zero-order valence-electron chi connectivity index (χ0n) is 14.2. The molecule has 6 heteroatoms. The van der Waals surface area contributed by atoms with Gasteiger partial charge in [0, 0.05) is 0 Å². The van der Waals surface area contributed by atoms with Crippen LogP contribution in [0.2, 0.25) is 0 Å². The Balaban J connectivity index is 1.53. The topological polar surface area (TPSA) is 72.7 Å². The van der Waals surface area contributed by atoms with Gasteiger partial charge in [0.05, 0.1) is 17.3 Å². The molecule has 2 heterocycles. The van der Waals surface area contributed by atoms with Crippen LogP contribution in [0.4, 0.5) is 5.69 Å². The van der Waals surface area contributed by atoms with Gasteiger partial charge in [-0.15, -0.1) is 0 Å². The van der Waals surface area contributed by atoms with Gasteiger partial charge in [0.25, 0.3) is 0 Å². The summed E-state index contributed by atoms with van der Waals surface area (Å²) in [6.07, 6.45) is 6.45. The number of hydrogen-bond donors (Lipinski definition) is 1. The number of carbonyl (C=O) groups is 1. The summed E-state index contributed by atoms with van der Waals surface area (Å²) in [7, 11) is 0. The molecule has 3 aromatic rings. The lowest BCUT2D eigenvalue weighted by molar-refractivity contribution is -0.118. The van der Waals surface area contributed by atoms with Crippen molar-refractivity contribution >= 4 is 11.6 Å². The first-order valence-corrected chi connectivity index (χ1v) is 8.28. The molecule has 6 nitrogen and oxygen atoms in total. The normalized spacial score (nSPS) is 15.0. The van der Waals surface area contributed by atoms with E-state index in [0.717, 1.165) is 18.4 Å². The summed E-state index contributed by atoms with van der Waals surface area (Å²) in [6.45, 7) is 4.13. The number of nitrogens with zero attached hydrogens (tertiary/aromatic N) is 4. The molecule has 1 fully saturated rings. The Kier molecular flexibility index (Phi) is 3.60. The predicted octanol–water partition coefficient (Wildman–Crippen LogP) is 2.95. The zero-order valence-corrected chi connectivity index (χ0v) is 14.2. The van der Waals surface area contributed by atoms with Crippen molar-refractivity contribution < 1.29 is 4.79 Å². The fourth-order valence-electron chi connectivity index (χ4n) is 3.20. The van der Waals surface area contributed by atoms with Crippen LogP contribution in [-0.2, 0) is 10.2 Å². The summed E-state index contributed by atoms with van der Waals surface area (Å²) in [6, 6.07) is 10.0. The van der Waals surface area contributed by atoms with Gasteiger partial charge in [-0.3, -0.25) is 4.79 Å². The van der Waals surface area contributed by atoms with Gasteiger partial charge in [-0.2, -0.15) is 5.10 Å². The van der Waals surface area contributed by atoms with Gasteiger partial charge in [-0.05, 0) is 44.4 Å². The van der Waals surface area contributed by atoms with Crippen LogP contribution in [0.25, 0.3) is 5.82 Å². The monoisotopic (exact) mass is 333 g/mol. The second kappa shape index (κ2) is 5.81. The maximum Gasteiger partial charge on any atom is 0.235 e. The third-order valence-electron chi connectivity index (χ3n) is 4.62. The average Bonchev–Trinajstić information content (AvgIpc) is 3.23. The van der Waals surface area contributed by atoms with Crippen molar-refractivity contribution in [2.24, 2.45) is 0 Å². The molecule has 1 aliphatic rings. The minimum Gasteiger partial charge on any atom is -0.324 e. The van der Waals surface area contributed by atoms with E-state index in [2.05, 4.69) is 52.4 Å². The number of hydrogen-bond acceptors (Lipinski definition) is 4. The van der Waals surface area contributed by atoms with Crippen LogP contribution in [0.3, 0.4) is 0 Å². The molecule has 0 aliphatic heterocycles. The molecule has 1 amide bonds. The Labute approximate surface area is 145 Å². The summed E-state index contributed by atoms with van der Waals surface area (Å²) in [5.74, 6) is 0.693. The molecular weight excluding hydrogens is 314 g/mol. The van der Waals surface area contributed by atoms with E-state index in [1.807, 2.05) is 6.07 Å². The van der Waals surface area contributed by atoms with Crippen LogP contribution in [0, 0.1) is 13.8 Å². The summed E-state index contributed by atoms with van der Waals surface area (Å²) in [5.41, 5.74) is 3.77. The van der Waals surface area contributed by atoms with Crippen molar-refractivity contribution in [3.8, 4) is 5.82 Å². The number of aromatic nitrogens is 4. The van der Waals surface area contributed by atoms with Gasteiger partial charge in [0.15, 0.2) is 5.82 Å². The number of rotatable bonds is 4. The molecule has 1 N–H and O–H groups in total. The quantitative estimate of drug-likeness (QED) is 0.797. The van der Waals surface area contributed by atoms with E-state index in [4.69, 9.17) is 0 Å². The Morgan fingerprint density at radius 2 is 1.92 bits per heavy atom. The minimum absolute atomic E-state index is 0.0350. The maximum absolute atomic E-state index is 12.9. The molecule has 0 bridgehead atoms. The van der Waals surface area contributed by atoms with Gasteiger partial charge in [0.2, 0.25) is 5.91 Å². The molecule has 0 unspecified atom stereocenters. The van der Waals surface area contributed by atoms with Crippen LogP contribution in [-0.4, -0.2) is 25.7 Å². The summed E-state index contributed by atoms with van der Waals surface area (Å²) >= 11 is 0. The smallest absolute Gasteiger partial charge is 0.235 e. The molecule has 1 aromatic carbocycles. The van der Waals surface area contributed by atoms with E-state index in [9.17, 15) is 4.79 Å². The largest absolute Gasteiger partial charge is 0.324 e. The Hall–Kier alpha value is -3.02. The van der Waals surface area contributed by atoms with Crippen molar-refractivity contribution in [1.29, 1.82) is 0 Å². The molecule has 4 rings (SSSR count). The summed E-state index contributed by atoms with van der Waals surface area (Å²) < 4.78 is 1.57. The maximum atomic E-state index is 12.9. The standard InChI is InChI=1S/C19H19N5O/c1-13-7-14(2)9-15(8-13)19(5-6-19)18(25)23-16-3-4-17(21-10-16)24-12-20-11-22-24/h3-4,7-12H,5-6H2,1-2H3,(H,23,25). The molecule has 126 valence electrons. The fourth-order valence-corrected chi connectivity index (χ4v) is 3.20.